The molecular weight excluding hydrogens is 262 g/mol. The summed E-state index contributed by atoms with van der Waals surface area (Å²) in [5, 5.41) is 0.813. The summed E-state index contributed by atoms with van der Waals surface area (Å²) in [7, 11) is 0. The molecule has 1 heterocycles. The van der Waals surface area contributed by atoms with Crippen LogP contribution >= 0.6 is 11.6 Å². The monoisotopic (exact) mass is 282 g/mol. The Kier molecular flexibility index (Phi) is 5.23. The maximum atomic E-state index is 11.8. The highest BCUT2D eigenvalue weighted by atomic mass is 35.5. The lowest BCUT2D eigenvalue weighted by molar-refractivity contribution is -0.921. The van der Waals surface area contributed by atoms with Crippen molar-refractivity contribution in [1.29, 1.82) is 0 Å². The van der Waals surface area contributed by atoms with Gasteiger partial charge in [-0.15, -0.1) is 0 Å². The number of quaternary nitrogens is 1. The van der Waals surface area contributed by atoms with Gasteiger partial charge in [0.15, 0.2) is 0 Å². The SMILES string of the molecule is CCOC(=O)[C@@H]1CCC[NH+](Cc2ccccc2Cl)C1. The Morgan fingerprint density at radius 2 is 2.26 bits per heavy atom. The Hall–Kier alpha value is -1.06. The molecule has 0 bridgehead atoms. The highest BCUT2D eigenvalue weighted by molar-refractivity contribution is 6.31. The van der Waals surface area contributed by atoms with Crippen molar-refractivity contribution >= 4 is 17.6 Å². The van der Waals surface area contributed by atoms with Crippen LogP contribution in [0.25, 0.3) is 0 Å². The van der Waals surface area contributed by atoms with Crippen molar-refractivity contribution in [2.45, 2.75) is 26.3 Å². The van der Waals surface area contributed by atoms with Crippen LogP contribution in [0.3, 0.4) is 0 Å². The van der Waals surface area contributed by atoms with Crippen LogP contribution in [0.4, 0.5) is 0 Å². The van der Waals surface area contributed by atoms with E-state index in [1.807, 2.05) is 25.1 Å². The second-order valence-electron chi connectivity index (χ2n) is 5.06. The Labute approximate surface area is 119 Å². The summed E-state index contributed by atoms with van der Waals surface area (Å²) in [6, 6.07) is 7.93. The van der Waals surface area contributed by atoms with Crippen LogP contribution < -0.4 is 4.90 Å². The minimum atomic E-state index is -0.0427. The van der Waals surface area contributed by atoms with E-state index in [-0.39, 0.29) is 11.9 Å². The third-order valence-corrected chi connectivity index (χ3v) is 4.00. The highest BCUT2D eigenvalue weighted by Crippen LogP contribution is 2.15. The highest BCUT2D eigenvalue weighted by Gasteiger charge is 2.29. The Morgan fingerprint density at radius 1 is 1.47 bits per heavy atom. The van der Waals surface area contributed by atoms with E-state index in [0.29, 0.717) is 6.61 Å². The molecule has 0 radical (unpaired) electrons. The number of rotatable bonds is 4. The summed E-state index contributed by atoms with van der Waals surface area (Å²) in [5.74, 6) is 0.00467. The molecule has 19 heavy (non-hydrogen) atoms. The third kappa shape index (κ3) is 3.95. The van der Waals surface area contributed by atoms with Gasteiger partial charge in [-0.2, -0.15) is 0 Å². The smallest absolute Gasteiger partial charge is 0.314 e. The predicted molar refractivity (Wildman–Crippen MR) is 75.2 cm³/mol. The van der Waals surface area contributed by atoms with E-state index < -0.39 is 0 Å². The molecule has 104 valence electrons. The van der Waals surface area contributed by atoms with Crippen molar-refractivity contribution in [3.8, 4) is 0 Å². The summed E-state index contributed by atoms with van der Waals surface area (Å²) < 4.78 is 5.13. The van der Waals surface area contributed by atoms with Crippen molar-refractivity contribution in [2.75, 3.05) is 19.7 Å². The number of carbonyl (C=O) groups excluding carboxylic acids is 1. The molecule has 0 amide bonds. The summed E-state index contributed by atoms with van der Waals surface area (Å²) in [6.07, 6.45) is 2.02. The van der Waals surface area contributed by atoms with Gasteiger partial charge in [-0.05, 0) is 25.8 Å². The first-order chi connectivity index (χ1) is 9.20. The first kappa shape index (κ1) is 14.4. The molecule has 1 aliphatic heterocycles. The first-order valence-corrected chi connectivity index (χ1v) is 7.32. The second-order valence-corrected chi connectivity index (χ2v) is 5.47. The van der Waals surface area contributed by atoms with Gasteiger partial charge in [0.1, 0.15) is 12.5 Å². The number of halogens is 1. The van der Waals surface area contributed by atoms with Gasteiger partial charge in [-0.1, -0.05) is 29.8 Å². The molecule has 0 spiro atoms. The van der Waals surface area contributed by atoms with Crippen molar-refractivity contribution in [3.63, 3.8) is 0 Å². The molecule has 3 nitrogen and oxygen atoms in total. The fourth-order valence-electron chi connectivity index (χ4n) is 2.68. The fourth-order valence-corrected chi connectivity index (χ4v) is 2.89. The average Bonchev–Trinajstić information content (AvgIpc) is 2.42. The lowest BCUT2D eigenvalue weighted by Gasteiger charge is -2.28. The van der Waals surface area contributed by atoms with Crippen LogP contribution in [0.1, 0.15) is 25.3 Å². The first-order valence-electron chi connectivity index (χ1n) is 6.94. The van der Waals surface area contributed by atoms with Gasteiger partial charge in [-0.25, -0.2) is 0 Å². The van der Waals surface area contributed by atoms with Crippen molar-refractivity contribution in [2.24, 2.45) is 5.92 Å². The zero-order valence-corrected chi connectivity index (χ0v) is 12.1. The molecule has 0 aliphatic carbocycles. The van der Waals surface area contributed by atoms with E-state index in [1.165, 1.54) is 4.90 Å². The van der Waals surface area contributed by atoms with Crippen LogP contribution in [0.2, 0.25) is 5.02 Å². The quantitative estimate of drug-likeness (QED) is 0.852. The lowest BCUT2D eigenvalue weighted by atomic mass is 9.98. The third-order valence-electron chi connectivity index (χ3n) is 3.64. The van der Waals surface area contributed by atoms with E-state index in [0.717, 1.165) is 43.1 Å². The minimum Gasteiger partial charge on any atom is -0.466 e. The van der Waals surface area contributed by atoms with Gasteiger partial charge in [0.05, 0.1) is 19.7 Å². The topological polar surface area (TPSA) is 30.7 Å². The maximum absolute atomic E-state index is 11.8. The summed E-state index contributed by atoms with van der Waals surface area (Å²) in [4.78, 5) is 13.2. The molecule has 1 N–H and O–H groups in total. The fraction of sp³-hybridized carbons (Fsp3) is 0.533. The molecule has 1 aliphatic rings. The van der Waals surface area contributed by atoms with Crippen LogP contribution in [-0.4, -0.2) is 25.7 Å². The van der Waals surface area contributed by atoms with Gasteiger partial charge in [-0.3, -0.25) is 4.79 Å². The second kappa shape index (κ2) is 6.92. The zero-order chi connectivity index (χ0) is 13.7. The van der Waals surface area contributed by atoms with Gasteiger partial charge < -0.3 is 9.64 Å². The van der Waals surface area contributed by atoms with Crippen molar-refractivity contribution in [3.05, 3.63) is 34.9 Å². The Bertz CT molecular complexity index is 436. The van der Waals surface area contributed by atoms with Gasteiger partial charge in [0, 0.05) is 10.6 Å². The van der Waals surface area contributed by atoms with E-state index >= 15 is 0 Å². The number of ether oxygens (including phenoxy) is 1. The molecule has 2 atom stereocenters. The summed E-state index contributed by atoms with van der Waals surface area (Å²) >= 11 is 6.19. The zero-order valence-electron chi connectivity index (χ0n) is 11.3. The molecule has 1 saturated heterocycles. The molecule has 0 saturated carbocycles. The molecule has 0 aromatic heterocycles. The van der Waals surface area contributed by atoms with E-state index in [4.69, 9.17) is 16.3 Å². The largest absolute Gasteiger partial charge is 0.466 e. The Morgan fingerprint density at radius 3 is 3.00 bits per heavy atom. The number of benzene rings is 1. The van der Waals surface area contributed by atoms with E-state index in [2.05, 4.69) is 6.07 Å². The average molecular weight is 283 g/mol. The van der Waals surface area contributed by atoms with Crippen molar-refractivity contribution in [1.82, 2.24) is 0 Å². The maximum Gasteiger partial charge on any atom is 0.314 e. The standard InChI is InChI=1S/C15H20ClNO2/c1-2-19-15(18)13-7-5-9-17(11-13)10-12-6-3-4-8-14(12)16/h3-4,6,8,13H,2,5,7,9-11H2,1H3/p+1/t13-/m1/s1. The molecule has 1 aromatic rings. The number of hydrogen-bond acceptors (Lipinski definition) is 2. The van der Waals surface area contributed by atoms with E-state index in [1.54, 1.807) is 0 Å². The lowest BCUT2D eigenvalue weighted by Crippen LogP contribution is -3.12. The van der Waals surface area contributed by atoms with Crippen LogP contribution in [-0.2, 0) is 16.1 Å². The number of nitrogens with one attached hydrogen (secondary N) is 1. The van der Waals surface area contributed by atoms with Gasteiger partial charge >= 0.3 is 5.97 Å². The number of hydrogen-bond donors (Lipinski definition) is 1. The molecule has 4 heteroatoms. The molecule has 1 unspecified atom stereocenters. The number of piperidine rings is 1. The number of likely N-dealkylation sites (tertiary alicyclic amines) is 1. The number of esters is 1. The summed E-state index contributed by atoms with van der Waals surface area (Å²) in [5.41, 5.74) is 1.16. The number of carbonyl (C=O) groups is 1. The minimum absolute atomic E-state index is 0.0427. The van der Waals surface area contributed by atoms with Gasteiger partial charge in [0.2, 0.25) is 0 Å². The Balaban J connectivity index is 1.94. The van der Waals surface area contributed by atoms with Crippen LogP contribution in [0, 0.1) is 5.92 Å². The van der Waals surface area contributed by atoms with E-state index in [9.17, 15) is 4.79 Å². The predicted octanol–water partition coefficient (Wildman–Crippen LogP) is 1.70. The molecule has 1 fully saturated rings. The molecule has 2 rings (SSSR count). The molecule has 1 aromatic carbocycles. The van der Waals surface area contributed by atoms with Crippen LogP contribution in [0.15, 0.2) is 24.3 Å². The summed E-state index contributed by atoms with van der Waals surface area (Å²) in [6.45, 7) is 5.16. The van der Waals surface area contributed by atoms with Crippen LogP contribution in [0.5, 0.6) is 0 Å². The van der Waals surface area contributed by atoms with Gasteiger partial charge in [0.25, 0.3) is 0 Å². The van der Waals surface area contributed by atoms with Crippen molar-refractivity contribution < 1.29 is 14.4 Å². The molecular formula is C15H21ClNO2+. The normalized spacial score (nSPS) is 23.1.